The van der Waals surface area contributed by atoms with Crippen LogP contribution in [0, 0.1) is 0 Å². The van der Waals surface area contributed by atoms with Gasteiger partial charge < -0.3 is 9.64 Å². The smallest absolute Gasteiger partial charge is 0.378 e. The van der Waals surface area contributed by atoms with Crippen LogP contribution in [0.2, 0.25) is 0 Å². The van der Waals surface area contributed by atoms with Gasteiger partial charge in [-0.3, -0.25) is 9.53 Å². The van der Waals surface area contributed by atoms with E-state index in [1.807, 2.05) is 0 Å². The molecule has 0 aliphatic carbocycles. The Morgan fingerprint density at radius 1 is 1.16 bits per heavy atom. The molecule has 1 fully saturated rings. The first kappa shape index (κ1) is 20.9. The van der Waals surface area contributed by atoms with Crippen molar-refractivity contribution in [1.82, 2.24) is 29.3 Å². The van der Waals surface area contributed by atoms with E-state index in [4.69, 9.17) is 4.74 Å². The fourth-order valence-electron chi connectivity index (χ4n) is 3.15. The molecule has 1 aliphatic rings. The second kappa shape index (κ2) is 8.43. The molecule has 2 aromatic heterocycles. The molecule has 13 heteroatoms. The second-order valence-electron chi connectivity index (χ2n) is 6.66. The first-order valence-electron chi connectivity index (χ1n) is 9.32. The van der Waals surface area contributed by atoms with Gasteiger partial charge in [0, 0.05) is 24.2 Å². The average molecular weight is 438 g/mol. The summed E-state index contributed by atoms with van der Waals surface area (Å²) in [5.41, 5.74) is 0.910. The Hall–Kier alpha value is -3.32. The summed E-state index contributed by atoms with van der Waals surface area (Å²) in [6.45, 7) is 0.868. The van der Waals surface area contributed by atoms with E-state index in [1.165, 1.54) is 6.33 Å². The average Bonchev–Trinajstić information content (AvgIpc) is 3.20. The molecule has 3 heterocycles. The topological polar surface area (TPSA) is 104 Å². The van der Waals surface area contributed by atoms with Gasteiger partial charge in [0.2, 0.25) is 0 Å². The molecule has 0 atom stereocenters. The number of alkyl halides is 3. The van der Waals surface area contributed by atoms with Crippen LogP contribution in [0.3, 0.4) is 0 Å². The molecule has 3 aromatic rings. The summed E-state index contributed by atoms with van der Waals surface area (Å²) in [5, 5.41) is 7.58. The number of fused-ring (bicyclic) bond motifs is 1. The summed E-state index contributed by atoms with van der Waals surface area (Å²) in [6, 6.07) is 6.67. The van der Waals surface area contributed by atoms with Crippen LogP contribution in [0.25, 0.3) is 16.9 Å². The number of amides is 1. The SMILES string of the molecule is O=C(c1ccc(-c2ncn3c(=O)n(CCOC(F)(F)F)nnc23)cc1)N1CCOCC1. The normalized spacial score (nSPS) is 14.9. The summed E-state index contributed by atoms with van der Waals surface area (Å²) in [6.07, 6.45) is -3.58. The highest BCUT2D eigenvalue weighted by atomic mass is 19.4. The van der Waals surface area contributed by atoms with Crippen molar-refractivity contribution >= 4 is 11.6 Å². The van der Waals surface area contributed by atoms with Gasteiger partial charge in [0.1, 0.15) is 12.0 Å². The fourth-order valence-corrected chi connectivity index (χ4v) is 3.15. The largest absolute Gasteiger partial charge is 0.522 e. The molecular weight excluding hydrogens is 421 g/mol. The van der Waals surface area contributed by atoms with Crippen LogP contribution in [0.4, 0.5) is 13.2 Å². The molecule has 0 spiro atoms. The lowest BCUT2D eigenvalue weighted by Crippen LogP contribution is -2.40. The molecule has 0 saturated carbocycles. The van der Waals surface area contributed by atoms with Crippen LogP contribution in [0.15, 0.2) is 35.4 Å². The van der Waals surface area contributed by atoms with Gasteiger partial charge in [-0.25, -0.2) is 14.2 Å². The number of halogens is 3. The fraction of sp³-hybridized carbons (Fsp3) is 0.389. The standard InChI is InChI=1S/C18H17F3N6O4/c19-18(20,21)31-10-7-27-17(29)26-11-22-14(15(26)23-24-27)12-1-3-13(4-2-12)16(28)25-5-8-30-9-6-25/h1-4,11H,5-10H2. The Labute approximate surface area is 172 Å². The van der Waals surface area contributed by atoms with Gasteiger partial charge in [0.25, 0.3) is 5.91 Å². The van der Waals surface area contributed by atoms with Crippen LogP contribution < -0.4 is 5.69 Å². The highest BCUT2D eigenvalue weighted by molar-refractivity contribution is 5.95. The predicted octanol–water partition coefficient (Wildman–Crippen LogP) is 0.962. The van der Waals surface area contributed by atoms with Crippen molar-refractivity contribution in [2.75, 3.05) is 32.9 Å². The molecule has 1 saturated heterocycles. The number of nitrogens with zero attached hydrogens (tertiary/aromatic N) is 6. The van der Waals surface area contributed by atoms with Crippen LogP contribution in [-0.4, -0.2) is 74.5 Å². The molecule has 1 amide bonds. The summed E-state index contributed by atoms with van der Waals surface area (Å²) in [5.74, 6) is -0.103. The van der Waals surface area contributed by atoms with Crippen LogP contribution in [0.5, 0.6) is 0 Å². The maximum atomic E-state index is 12.5. The summed E-state index contributed by atoms with van der Waals surface area (Å²) in [7, 11) is 0. The van der Waals surface area contributed by atoms with Crippen molar-refractivity contribution in [3.63, 3.8) is 0 Å². The molecule has 0 unspecified atom stereocenters. The number of rotatable bonds is 5. The van der Waals surface area contributed by atoms with Gasteiger partial charge >= 0.3 is 12.1 Å². The summed E-state index contributed by atoms with van der Waals surface area (Å²) < 4.78 is 47.0. The van der Waals surface area contributed by atoms with Crippen molar-refractivity contribution < 1.29 is 27.4 Å². The van der Waals surface area contributed by atoms with Crippen LogP contribution >= 0.6 is 0 Å². The monoisotopic (exact) mass is 438 g/mol. The van der Waals surface area contributed by atoms with Gasteiger partial charge in [0.05, 0.1) is 26.4 Å². The Kier molecular flexibility index (Phi) is 5.69. The number of benzene rings is 1. The zero-order chi connectivity index (χ0) is 22.0. The Morgan fingerprint density at radius 2 is 1.87 bits per heavy atom. The second-order valence-corrected chi connectivity index (χ2v) is 6.66. The first-order chi connectivity index (χ1) is 14.8. The number of imidazole rings is 1. The van der Waals surface area contributed by atoms with Gasteiger partial charge in [-0.15, -0.1) is 18.3 Å². The van der Waals surface area contributed by atoms with Gasteiger partial charge in [-0.05, 0) is 12.1 Å². The van der Waals surface area contributed by atoms with Gasteiger partial charge in [0.15, 0.2) is 5.65 Å². The summed E-state index contributed by atoms with van der Waals surface area (Å²) >= 11 is 0. The third-order valence-corrected chi connectivity index (χ3v) is 4.69. The Bertz CT molecular complexity index is 1140. The van der Waals surface area contributed by atoms with E-state index in [-0.39, 0.29) is 11.6 Å². The van der Waals surface area contributed by atoms with E-state index in [0.717, 1.165) is 9.08 Å². The summed E-state index contributed by atoms with van der Waals surface area (Å²) in [4.78, 5) is 30.9. The number of carbonyl (C=O) groups excluding carboxylic acids is 1. The van der Waals surface area contributed by atoms with E-state index in [1.54, 1.807) is 29.2 Å². The molecule has 0 N–H and O–H groups in total. The zero-order valence-electron chi connectivity index (χ0n) is 16.1. The minimum Gasteiger partial charge on any atom is -0.378 e. The van der Waals surface area contributed by atoms with E-state index >= 15 is 0 Å². The molecule has 1 aromatic carbocycles. The minimum atomic E-state index is -4.79. The highest BCUT2D eigenvalue weighted by Gasteiger charge is 2.29. The Balaban J connectivity index is 1.54. The molecule has 31 heavy (non-hydrogen) atoms. The predicted molar refractivity (Wildman–Crippen MR) is 99.2 cm³/mol. The maximum Gasteiger partial charge on any atom is 0.522 e. The molecule has 4 rings (SSSR count). The van der Waals surface area contributed by atoms with E-state index in [2.05, 4.69) is 20.0 Å². The first-order valence-corrected chi connectivity index (χ1v) is 9.32. The number of morpholine rings is 1. The third-order valence-electron chi connectivity index (χ3n) is 4.69. The van der Waals surface area contributed by atoms with Gasteiger partial charge in [-0.2, -0.15) is 4.68 Å². The Morgan fingerprint density at radius 3 is 2.55 bits per heavy atom. The molecule has 0 bridgehead atoms. The van der Waals surface area contributed by atoms with Crippen molar-refractivity contribution in [3.8, 4) is 11.3 Å². The number of ether oxygens (including phenoxy) is 2. The van der Waals surface area contributed by atoms with E-state index < -0.39 is 25.2 Å². The number of hydrogen-bond donors (Lipinski definition) is 0. The van der Waals surface area contributed by atoms with Crippen molar-refractivity contribution in [2.24, 2.45) is 0 Å². The minimum absolute atomic E-state index is 0.103. The lowest BCUT2D eigenvalue weighted by Gasteiger charge is -2.26. The quantitative estimate of drug-likeness (QED) is 0.585. The molecule has 0 radical (unpaired) electrons. The van der Waals surface area contributed by atoms with Crippen molar-refractivity contribution in [1.29, 1.82) is 0 Å². The maximum absolute atomic E-state index is 12.5. The number of carbonyl (C=O) groups is 1. The van der Waals surface area contributed by atoms with Gasteiger partial charge in [-0.1, -0.05) is 17.3 Å². The lowest BCUT2D eigenvalue weighted by atomic mass is 10.1. The highest BCUT2D eigenvalue weighted by Crippen LogP contribution is 2.22. The van der Waals surface area contributed by atoms with Crippen molar-refractivity contribution in [3.05, 3.63) is 46.6 Å². The van der Waals surface area contributed by atoms with Crippen LogP contribution in [-0.2, 0) is 16.0 Å². The molecule has 164 valence electrons. The molecule has 1 aliphatic heterocycles. The van der Waals surface area contributed by atoms with Crippen LogP contribution in [0.1, 0.15) is 10.4 Å². The zero-order valence-corrected chi connectivity index (χ0v) is 16.1. The van der Waals surface area contributed by atoms with E-state index in [0.29, 0.717) is 43.1 Å². The third kappa shape index (κ3) is 4.56. The number of hydrogen-bond acceptors (Lipinski definition) is 7. The lowest BCUT2D eigenvalue weighted by molar-refractivity contribution is -0.325. The molecule has 10 nitrogen and oxygen atoms in total. The van der Waals surface area contributed by atoms with E-state index in [9.17, 15) is 22.8 Å². The number of aromatic nitrogens is 5. The molecular formula is C18H17F3N6O4. The van der Waals surface area contributed by atoms with Crippen molar-refractivity contribution in [2.45, 2.75) is 12.9 Å².